The van der Waals surface area contributed by atoms with Gasteiger partial charge in [-0.25, -0.2) is 0 Å². The molecule has 4 rings (SSSR count). The molecular formula is C26H26Cl3N5OS. The van der Waals surface area contributed by atoms with Crippen LogP contribution in [0.2, 0.25) is 0 Å². The Morgan fingerprint density at radius 2 is 1.83 bits per heavy atom. The zero-order valence-electron chi connectivity index (χ0n) is 19.9. The second kappa shape index (κ2) is 11.2. The predicted octanol–water partition coefficient (Wildman–Crippen LogP) is 5.62. The summed E-state index contributed by atoms with van der Waals surface area (Å²) in [6.45, 7) is 1.22. The molecule has 1 unspecified atom stereocenters. The number of aromatic nitrogens is 1. The number of alkyl halides is 3. The van der Waals surface area contributed by atoms with Crippen LogP contribution in [-0.4, -0.2) is 58.0 Å². The van der Waals surface area contributed by atoms with Crippen molar-refractivity contribution in [2.45, 2.75) is 16.4 Å². The standard InChI is InChI=1S/C26H26Cl3N5OS/c1-32(2)20-12-9-18(10-13-20)11-14-22(35)31-24(26(27,28)29)34-17-5-16-33(25(34)36)21-8-3-6-19-7-4-15-30-23(19)21/h3-4,6-15,24H,5,16-17H2,1-2H3,(H,31,35)/b14-11+. The number of carbonyl (C=O) groups excluding carboxylic acids is 1. The van der Waals surface area contributed by atoms with Crippen molar-refractivity contribution in [3.8, 4) is 0 Å². The third kappa shape index (κ3) is 6.03. The summed E-state index contributed by atoms with van der Waals surface area (Å²) in [5, 5.41) is 4.29. The molecule has 2 heterocycles. The van der Waals surface area contributed by atoms with Crippen LogP contribution in [0.1, 0.15) is 12.0 Å². The minimum Gasteiger partial charge on any atom is -0.378 e. The highest BCUT2D eigenvalue weighted by Crippen LogP contribution is 2.35. The lowest BCUT2D eigenvalue weighted by Gasteiger charge is -2.44. The molecule has 1 amide bonds. The van der Waals surface area contributed by atoms with Crippen LogP contribution >= 0.6 is 47.0 Å². The Bertz CT molecular complexity index is 1270. The average Bonchev–Trinajstić information content (AvgIpc) is 2.86. The maximum Gasteiger partial charge on any atom is 0.245 e. The van der Waals surface area contributed by atoms with Gasteiger partial charge in [-0.3, -0.25) is 9.78 Å². The molecule has 1 saturated heterocycles. The van der Waals surface area contributed by atoms with E-state index >= 15 is 0 Å². The van der Waals surface area contributed by atoms with Gasteiger partial charge in [0.15, 0.2) is 11.3 Å². The largest absolute Gasteiger partial charge is 0.378 e. The number of hydrogen-bond donors (Lipinski definition) is 1. The third-order valence-electron chi connectivity index (χ3n) is 5.90. The quantitative estimate of drug-likeness (QED) is 0.239. The first-order valence-electron chi connectivity index (χ1n) is 11.4. The van der Waals surface area contributed by atoms with Crippen molar-refractivity contribution >= 4 is 86.4 Å². The molecule has 36 heavy (non-hydrogen) atoms. The lowest BCUT2D eigenvalue weighted by molar-refractivity contribution is -0.117. The van der Waals surface area contributed by atoms with Crippen molar-refractivity contribution < 1.29 is 4.79 Å². The fraction of sp³-hybridized carbons (Fsp3) is 0.269. The first-order chi connectivity index (χ1) is 17.1. The Balaban J connectivity index is 1.54. The van der Waals surface area contributed by atoms with E-state index in [9.17, 15) is 4.79 Å². The van der Waals surface area contributed by atoms with Gasteiger partial charge < -0.3 is 20.0 Å². The molecule has 0 aliphatic carbocycles. The lowest BCUT2D eigenvalue weighted by atomic mass is 10.1. The summed E-state index contributed by atoms with van der Waals surface area (Å²) in [6.07, 6.45) is 4.68. The zero-order chi connectivity index (χ0) is 25.9. The van der Waals surface area contributed by atoms with Gasteiger partial charge in [0.05, 0.1) is 11.2 Å². The normalized spacial score (nSPS) is 15.4. The van der Waals surface area contributed by atoms with Gasteiger partial charge in [0.1, 0.15) is 0 Å². The Morgan fingerprint density at radius 3 is 2.53 bits per heavy atom. The SMILES string of the molecule is CN(C)c1ccc(/C=C/C(=O)NC(N2CCCN(c3cccc4cccnc34)C2=S)C(Cl)(Cl)Cl)cc1. The molecule has 188 valence electrons. The zero-order valence-corrected chi connectivity index (χ0v) is 23.0. The predicted molar refractivity (Wildman–Crippen MR) is 155 cm³/mol. The second-order valence-corrected chi connectivity index (χ2v) is 11.3. The number of pyridine rings is 1. The van der Waals surface area contributed by atoms with Crippen molar-refractivity contribution in [3.63, 3.8) is 0 Å². The van der Waals surface area contributed by atoms with Crippen molar-refractivity contribution in [1.29, 1.82) is 0 Å². The molecule has 1 aromatic heterocycles. The number of para-hydroxylation sites is 1. The average molecular weight is 563 g/mol. The van der Waals surface area contributed by atoms with E-state index in [0.717, 1.165) is 34.3 Å². The van der Waals surface area contributed by atoms with Gasteiger partial charge >= 0.3 is 0 Å². The molecule has 1 atom stereocenters. The van der Waals surface area contributed by atoms with Crippen LogP contribution < -0.4 is 15.1 Å². The number of rotatable bonds is 6. The molecule has 0 saturated carbocycles. The van der Waals surface area contributed by atoms with Gasteiger partial charge in [-0.15, -0.1) is 0 Å². The van der Waals surface area contributed by atoms with Crippen LogP contribution in [0.4, 0.5) is 11.4 Å². The van der Waals surface area contributed by atoms with E-state index < -0.39 is 15.9 Å². The number of fused-ring (bicyclic) bond motifs is 1. The summed E-state index contributed by atoms with van der Waals surface area (Å²) in [5.41, 5.74) is 3.65. The second-order valence-electron chi connectivity index (χ2n) is 8.61. The van der Waals surface area contributed by atoms with E-state index in [1.807, 2.05) is 78.5 Å². The van der Waals surface area contributed by atoms with Crippen LogP contribution in [-0.2, 0) is 4.79 Å². The Labute approximate surface area is 231 Å². The molecule has 1 fully saturated rings. The van der Waals surface area contributed by atoms with Gasteiger partial charge in [0.25, 0.3) is 0 Å². The van der Waals surface area contributed by atoms with Crippen LogP contribution in [0.15, 0.2) is 66.9 Å². The van der Waals surface area contributed by atoms with Crippen molar-refractivity contribution in [2.75, 3.05) is 37.0 Å². The number of halogens is 3. The van der Waals surface area contributed by atoms with E-state index in [1.54, 1.807) is 17.2 Å². The molecule has 6 nitrogen and oxygen atoms in total. The molecule has 0 radical (unpaired) electrons. The number of thiocarbonyl (C=S) groups is 1. The van der Waals surface area contributed by atoms with E-state index in [4.69, 9.17) is 47.0 Å². The third-order valence-corrected chi connectivity index (χ3v) is 6.97. The minimum atomic E-state index is -1.82. The number of anilines is 2. The highest BCUT2D eigenvalue weighted by Gasteiger charge is 2.42. The first-order valence-corrected chi connectivity index (χ1v) is 12.9. The highest BCUT2D eigenvalue weighted by molar-refractivity contribution is 7.80. The summed E-state index contributed by atoms with van der Waals surface area (Å²) < 4.78 is -1.82. The maximum absolute atomic E-state index is 12.8. The molecule has 3 aromatic rings. The molecule has 1 aliphatic rings. The Kier molecular flexibility index (Phi) is 8.25. The molecule has 10 heteroatoms. The number of nitrogens with zero attached hydrogens (tertiary/aromatic N) is 4. The number of amides is 1. The Hall–Kier alpha value is -2.58. The molecule has 1 aliphatic heterocycles. The summed E-state index contributed by atoms with van der Waals surface area (Å²) in [4.78, 5) is 23.1. The number of hydrogen-bond acceptors (Lipinski definition) is 4. The smallest absolute Gasteiger partial charge is 0.245 e. The molecule has 1 N–H and O–H groups in total. The molecule has 0 bridgehead atoms. The van der Waals surface area contributed by atoms with Crippen LogP contribution in [0, 0.1) is 0 Å². The number of nitrogens with one attached hydrogen (secondary N) is 1. The van der Waals surface area contributed by atoms with E-state index in [0.29, 0.717) is 18.2 Å². The topological polar surface area (TPSA) is 51.7 Å². The molecule has 0 spiro atoms. The first kappa shape index (κ1) is 26.5. The summed E-state index contributed by atoms with van der Waals surface area (Å²) >= 11 is 24.9. The summed E-state index contributed by atoms with van der Waals surface area (Å²) in [6, 6.07) is 17.6. The summed E-state index contributed by atoms with van der Waals surface area (Å²) in [5.74, 6) is -0.394. The van der Waals surface area contributed by atoms with Crippen LogP contribution in [0.25, 0.3) is 17.0 Å². The molecule has 2 aromatic carbocycles. The number of benzene rings is 2. The van der Waals surface area contributed by atoms with Crippen molar-refractivity contribution in [2.24, 2.45) is 0 Å². The highest BCUT2D eigenvalue weighted by atomic mass is 35.6. The van der Waals surface area contributed by atoms with Gasteiger partial charge in [-0.2, -0.15) is 0 Å². The minimum absolute atomic E-state index is 0.394. The fourth-order valence-electron chi connectivity index (χ4n) is 4.09. The van der Waals surface area contributed by atoms with Crippen LogP contribution in [0.5, 0.6) is 0 Å². The van der Waals surface area contributed by atoms with Crippen molar-refractivity contribution in [3.05, 3.63) is 72.4 Å². The maximum atomic E-state index is 12.8. The van der Waals surface area contributed by atoms with Crippen LogP contribution in [0.3, 0.4) is 0 Å². The van der Waals surface area contributed by atoms with E-state index in [2.05, 4.69) is 10.3 Å². The lowest BCUT2D eigenvalue weighted by Crippen LogP contribution is -2.62. The summed E-state index contributed by atoms with van der Waals surface area (Å²) in [7, 11) is 3.94. The molecular weight excluding hydrogens is 537 g/mol. The Morgan fingerprint density at radius 1 is 1.11 bits per heavy atom. The monoisotopic (exact) mass is 561 g/mol. The van der Waals surface area contributed by atoms with Crippen molar-refractivity contribution in [1.82, 2.24) is 15.2 Å². The van der Waals surface area contributed by atoms with Gasteiger partial charge in [0.2, 0.25) is 9.70 Å². The fourth-order valence-corrected chi connectivity index (χ4v) is 4.99. The van der Waals surface area contributed by atoms with E-state index in [1.165, 1.54) is 6.08 Å². The van der Waals surface area contributed by atoms with Gasteiger partial charge in [0, 0.05) is 50.5 Å². The van der Waals surface area contributed by atoms with Gasteiger partial charge in [-0.1, -0.05) is 65.1 Å². The number of carbonyl (C=O) groups is 1. The van der Waals surface area contributed by atoms with Gasteiger partial charge in [-0.05, 0) is 54.5 Å². The van der Waals surface area contributed by atoms with E-state index in [-0.39, 0.29) is 0 Å².